The minimum absolute atomic E-state index is 0.0429. The van der Waals surface area contributed by atoms with Crippen LogP contribution in [0, 0.1) is 6.92 Å². The van der Waals surface area contributed by atoms with Crippen molar-refractivity contribution in [3.05, 3.63) is 29.6 Å². The zero-order valence-electron chi connectivity index (χ0n) is 16.5. The second-order valence-electron chi connectivity index (χ2n) is 6.33. The van der Waals surface area contributed by atoms with Gasteiger partial charge in [0.25, 0.3) is 0 Å². The molecular formula is C17H26N6O3S. The Labute approximate surface area is 160 Å². The third-order valence-corrected chi connectivity index (χ3v) is 5.03. The lowest BCUT2D eigenvalue weighted by molar-refractivity contribution is 0.337. The molecule has 1 N–H and O–H groups in total. The van der Waals surface area contributed by atoms with E-state index in [9.17, 15) is 8.42 Å². The number of aryl methyl sites for hydroxylation is 1. The first kappa shape index (κ1) is 20.8. The Kier molecular flexibility index (Phi) is 6.55. The largest absolute Gasteiger partial charge is 0.494 e. The number of nitrogens with one attached hydrogen (secondary N) is 1. The molecule has 0 amide bonds. The lowest BCUT2D eigenvalue weighted by Gasteiger charge is -2.16. The van der Waals surface area contributed by atoms with Crippen LogP contribution in [0.3, 0.4) is 0 Å². The van der Waals surface area contributed by atoms with E-state index in [1.54, 1.807) is 21.9 Å². The second kappa shape index (κ2) is 8.49. The summed E-state index contributed by atoms with van der Waals surface area (Å²) in [6.07, 6.45) is 0. The van der Waals surface area contributed by atoms with Gasteiger partial charge in [-0.1, -0.05) is 0 Å². The highest BCUT2D eigenvalue weighted by molar-refractivity contribution is 7.89. The summed E-state index contributed by atoms with van der Waals surface area (Å²) in [5.74, 6) is 1.92. The standard InChI is InChI=1S/C17H26N6O3S/c1-7-26-14-9-8-13(10-12(14)2)27(24,25)18-11-15-19-16(22(3)4)21-17(20-15)23(5)6/h8-10,18H,7,11H2,1-6H3. The molecule has 0 aliphatic heterocycles. The summed E-state index contributed by atoms with van der Waals surface area (Å²) in [6.45, 7) is 4.17. The Morgan fingerprint density at radius 1 is 1.04 bits per heavy atom. The maximum Gasteiger partial charge on any atom is 0.240 e. The van der Waals surface area contributed by atoms with Gasteiger partial charge in [-0.25, -0.2) is 13.1 Å². The zero-order valence-corrected chi connectivity index (χ0v) is 17.3. The van der Waals surface area contributed by atoms with Crippen LogP contribution in [0.25, 0.3) is 0 Å². The molecule has 0 bridgehead atoms. The molecule has 0 fully saturated rings. The van der Waals surface area contributed by atoms with Crippen LogP contribution in [0.5, 0.6) is 5.75 Å². The lowest BCUT2D eigenvalue weighted by atomic mass is 10.2. The van der Waals surface area contributed by atoms with Crippen molar-refractivity contribution in [2.75, 3.05) is 44.6 Å². The van der Waals surface area contributed by atoms with Crippen LogP contribution in [-0.4, -0.2) is 58.2 Å². The van der Waals surface area contributed by atoms with Crippen molar-refractivity contribution in [1.82, 2.24) is 19.7 Å². The fourth-order valence-corrected chi connectivity index (χ4v) is 3.29. The van der Waals surface area contributed by atoms with Gasteiger partial charge in [0.1, 0.15) is 5.75 Å². The van der Waals surface area contributed by atoms with E-state index in [0.717, 1.165) is 5.56 Å². The molecule has 9 nitrogen and oxygen atoms in total. The van der Waals surface area contributed by atoms with E-state index in [-0.39, 0.29) is 11.4 Å². The van der Waals surface area contributed by atoms with Gasteiger partial charge in [-0.2, -0.15) is 15.0 Å². The highest BCUT2D eigenvalue weighted by Gasteiger charge is 2.17. The summed E-state index contributed by atoms with van der Waals surface area (Å²) in [6, 6.07) is 4.76. The van der Waals surface area contributed by atoms with Crippen molar-refractivity contribution >= 4 is 21.9 Å². The lowest BCUT2D eigenvalue weighted by Crippen LogP contribution is -2.26. The zero-order chi connectivity index (χ0) is 20.2. The molecule has 148 valence electrons. The molecule has 0 atom stereocenters. The quantitative estimate of drug-likeness (QED) is 0.713. The van der Waals surface area contributed by atoms with Crippen LogP contribution in [0.1, 0.15) is 18.3 Å². The van der Waals surface area contributed by atoms with E-state index in [1.165, 1.54) is 6.07 Å². The van der Waals surface area contributed by atoms with Gasteiger partial charge in [-0.3, -0.25) is 0 Å². The summed E-state index contributed by atoms with van der Waals surface area (Å²) in [4.78, 5) is 16.6. The van der Waals surface area contributed by atoms with E-state index in [0.29, 0.717) is 30.1 Å². The fraction of sp³-hybridized carbons (Fsp3) is 0.471. The number of rotatable bonds is 8. The summed E-state index contributed by atoms with van der Waals surface area (Å²) in [5.41, 5.74) is 0.754. The van der Waals surface area contributed by atoms with E-state index in [4.69, 9.17) is 4.74 Å². The highest BCUT2D eigenvalue weighted by Crippen LogP contribution is 2.22. The Bertz CT molecular complexity index is 873. The number of nitrogens with zero attached hydrogens (tertiary/aromatic N) is 5. The minimum Gasteiger partial charge on any atom is -0.494 e. The topological polar surface area (TPSA) is 101 Å². The summed E-state index contributed by atoms with van der Waals surface area (Å²) >= 11 is 0. The maximum atomic E-state index is 12.6. The molecule has 0 saturated heterocycles. The van der Waals surface area contributed by atoms with Crippen LogP contribution in [0.4, 0.5) is 11.9 Å². The molecule has 0 aliphatic rings. The van der Waals surface area contributed by atoms with Crippen molar-refractivity contribution in [2.24, 2.45) is 0 Å². The molecule has 0 spiro atoms. The molecule has 0 unspecified atom stereocenters. The molecule has 27 heavy (non-hydrogen) atoms. The molecule has 1 aromatic heterocycles. The maximum absolute atomic E-state index is 12.6. The van der Waals surface area contributed by atoms with E-state index in [1.807, 2.05) is 42.0 Å². The van der Waals surface area contributed by atoms with Gasteiger partial charge in [0.2, 0.25) is 21.9 Å². The molecule has 0 radical (unpaired) electrons. The van der Waals surface area contributed by atoms with Crippen LogP contribution in [0.2, 0.25) is 0 Å². The molecule has 1 aromatic carbocycles. The normalized spacial score (nSPS) is 11.3. The Balaban J connectivity index is 2.23. The predicted molar refractivity (Wildman–Crippen MR) is 105 cm³/mol. The Hall–Kier alpha value is -2.46. The third kappa shape index (κ3) is 5.27. The number of benzene rings is 1. The molecular weight excluding hydrogens is 368 g/mol. The van der Waals surface area contributed by atoms with Crippen LogP contribution in [-0.2, 0) is 16.6 Å². The van der Waals surface area contributed by atoms with Crippen molar-refractivity contribution in [2.45, 2.75) is 25.3 Å². The molecule has 2 aromatic rings. The van der Waals surface area contributed by atoms with Crippen LogP contribution < -0.4 is 19.3 Å². The van der Waals surface area contributed by atoms with Gasteiger partial charge in [-0.05, 0) is 37.6 Å². The first-order valence-corrected chi connectivity index (χ1v) is 9.95. The van der Waals surface area contributed by atoms with E-state index >= 15 is 0 Å². The predicted octanol–water partition coefficient (Wildman–Crippen LogP) is 1.19. The summed E-state index contributed by atoms with van der Waals surface area (Å²) in [7, 11) is 3.53. The van der Waals surface area contributed by atoms with Gasteiger partial charge in [0.05, 0.1) is 18.0 Å². The van der Waals surface area contributed by atoms with Crippen molar-refractivity contribution in [3.8, 4) is 5.75 Å². The average molecular weight is 395 g/mol. The molecule has 10 heteroatoms. The number of ether oxygens (including phenoxy) is 1. The van der Waals surface area contributed by atoms with Gasteiger partial charge in [0.15, 0.2) is 5.82 Å². The summed E-state index contributed by atoms with van der Waals surface area (Å²) in [5, 5.41) is 0. The first-order chi connectivity index (χ1) is 12.6. The van der Waals surface area contributed by atoms with Crippen molar-refractivity contribution in [1.29, 1.82) is 0 Å². The Morgan fingerprint density at radius 2 is 1.63 bits per heavy atom. The number of hydrogen-bond donors (Lipinski definition) is 1. The summed E-state index contributed by atoms with van der Waals surface area (Å²) < 4.78 is 33.2. The molecule has 2 rings (SSSR count). The SMILES string of the molecule is CCOc1ccc(S(=O)(=O)NCc2nc(N(C)C)nc(N(C)C)n2)cc1C. The fourth-order valence-electron chi connectivity index (χ4n) is 2.22. The Morgan fingerprint density at radius 3 is 2.11 bits per heavy atom. The minimum atomic E-state index is -3.71. The van der Waals surface area contributed by atoms with Crippen LogP contribution >= 0.6 is 0 Å². The second-order valence-corrected chi connectivity index (χ2v) is 8.09. The number of hydrogen-bond acceptors (Lipinski definition) is 8. The monoisotopic (exact) mass is 394 g/mol. The van der Waals surface area contributed by atoms with E-state index < -0.39 is 10.0 Å². The smallest absolute Gasteiger partial charge is 0.240 e. The van der Waals surface area contributed by atoms with Gasteiger partial charge in [-0.15, -0.1) is 0 Å². The van der Waals surface area contributed by atoms with Gasteiger partial charge >= 0.3 is 0 Å². The van der Waals surface area contributed by atoms with Crippen LogP contribution in [0.15, 0.2) is 23.1 Å². The van der Waals surface area contributed by atoms with E-state index in [2.05, 4.69) is 19.7 Å². The highest BCUT2D eigenvalue weighted by atomic mass is 32.2. The molecule has 1 heterocycles. The van der Waals surface area contributed by atoms with Crippen molar-refractivity contribution in [3.63, 3.8) is 0 Å². The average Bonchev–Trinajstić information content (AvgIpc) is 2.61. The van der Waals surface area contributed by atoms with Crippen molar-refractivity contribution < 1.29 is 13.2 Å². The third-order valence-electron chi connectivity index (χ3n) is 3.63. The number of sulfonamides is 1. The van der Waals surface area contributed by atoms with Gasteiger partial charge < -0.3 is 14.5 Å². The van der Waals surface area contributed by atoms with Gasteiger partial charge in [0, 0.05) is 28.2 Å². The number of aromatic nitrogens is 3. The number of anilines is 2. The first-order valence-electron chi connectivity index (χ1n) is 8.46. The molecule has 0 aliphatic carbocycles. The molecule has 0 saturated carbocycles.